The van der Waals surface area contributed by atoms with Gasteiger partial charge >= 0.3 is 0 Å². The van der Waals surface area contributed by atoms with Crippen molar-refractivity contribution in [3.05, 3.63) is 24.2 Å². The first-order chi connectivity index (χ1) is 6.57. The summed E-state index contributed by atoms with van der Waals surface area (Å²) in [6.45, 7) is 5.76. The molecule has 0 bridgehead atoms. The van der Waals surface area contributed by atoms with Crippen LogP contribution in [-0.4, -0.2) is 22.1 Å². The minimum atomic E-state index is -0.611. The molecule has 6 nitrogen and oxygen atoms in total. The Labute approximate surface area is 81.6 Å². The summed E-state index contributed by atoms with van der Waals surface area (Å²) in [5.74, 6) is 0.101. The van der Waals surface area contributed by atoms with Crippen molar-refractivity contribution < 1.29 is 4.79 Å². The maximum Gasteiger partial charge on any atom is 0.271 e. The lowest BCUT2D eigenvalue weighted by molar-refractivity contribution is 0.0993. The second kappa shape index (κ2) is 3.82. The Hall–Kier alpha value is -1.98. The molecule has 0 unspecified atom stereocenters. The molecule has 1 aromatic rings. The average Bonchev–Trinajstić information content (AvgIpc) is 2.37. The number of primary amides is 1. The number of hydrogen-bond donors (Lipinski definition) is 3. The van der Waals surface area contributed by atoms with Gasteiger partial charge in [0.1, 0.15) is 5.82 Å². The Bertz CT molecular complexity index is 368. The second-order valence-corrected chi connectivity index (χ2v) is 2.74. The number of rotatable bonds is 4. The molecule has 0 fully saturated rings. The summed E-state index contributed by atoms with van der Waals surface area (Å²) in [6, 6.07) is 0. The van der Waals surface area contributed by atoms with Crippen LogP contribution in [-0.2, 0) is 0 Å². The Balaban J connectivity index is 3.11. The molecule has 0 saturated carbocycles. The SMILES string of the molecule is C=CCNn1c(C)nc(N)c1C(N)=O. The number of nitrogens with zero attached hydrogens (tertiary/aromatic N) is 2. The van der Waals surface area contributed by atoms with Gasteiger partial charge in [-0.05, 0) is 6.92 Å². The fraction of sp³-hybridized carbons (Fsp3) is 0.250. The van der Waals surface area contributed by atoms with E-state index in [9.17, 15) is 4.79 Å². The highest BCUT2D eigenvalue weighted by atomic mass is 16.1. The fourth-order valence-corrected chi connectivity index (χ4v) is 1.14. The third kappa shape index (κ3) is 1.68. The van der Waals surface area contributed by atoms with E-state index in [1.807, 2.05) is 0 Å². The quantitative estimate of drug-likeness (QED) is 0.569. The molecule has 0 radical (unpaired) electrons. The number of imidazole rings is 1. The monoisotopic (exact) mass is 195 g/mol. The second-order valence-electron chi connectivity index (χ2n) is 2.74. The van der Waals surface area contributed by atoms with Gasteiger partial charge in [0.2, 0.25) is 0 Å². The highest BCUT2D eigenvalue weighted by Crippen LogP contribution is 2.10. The highest BCUT2D eigenvalue weighted by molar-refractivity contribution is 5.95. The van der Waals surface area contributed by atoms with E-state index in [0.29, 0.717) is 12.4 Å². The molecular formula is C8H13N5O. The van der Waals surface area contributed by atoms with Gasteiger partial charge in [0.15, 0.2) is 11.5 Å². The Kier molecular flexibility index (Phi) is 2.76. The zero-order valence-corrected chi connectivity index (χ0v) is 7.95. The van der Waals surface area contributed by atoms with Gasteiger partial charge in [-0.3, -0.25) is 4.79 Å². The van der Waals surface area contributed by atoms with Crippen molar-refractivity contribution in [3.63, 3.8) is 0 Å². The average molecular weight is 195 g/mol. The van der Waals surface area contributed by atoms with Crippen LogP contribution in [0.2, 0.25) is 0 Å². The molecule has 0 atom stereocenters. The zero-order chi connectivity index (χ0) is 10.7. The molecule has 0 saturated heterocycles. The van der Waals surface area contributed by atoms with Crippen molar-refractivity contribution in [3.8, 4) is 0 Å². The van der Waals surface area contributed by atoms with Gasteiger partial charge in [0, 0.05) is 6.54 Å². The lowest BCUT2D eigenvalue weighted by atomic mass is 10.4. The van der Waals surface area contributed by atoms with Gasteiger partial charge in [-0.25, -0.2) is 9.66 Å². The Morgan fingerprint density at radius 3 is 2.93 bits per heavy atom. The molecule has 76 valence electrons. The number of anilines is 1. The standard InChI is InChI=1S/C8H13N5O/c1-3-4-11-13-5(2)12-7(9)6(13)8(10)14/h3,11H,1,4,9H2,2H3,(H2,10,14). The van der Waals surface area contributed by atoms with Crippen LogP contribution in [0.1, 0.15) is 16.3 Å². The van der Waals surface area contributed by atoms with Gasteiger partial charge in [-0.15, -0.1) is 6.58 Å². The lowest BCUT2D eigenvalue weighted by Crippen LogP contribution is -2.25. The molecule has 1 aromatic heterocycles. The van der Waals surface area contributed by atoms with E-state index < -0.39 is 5.91 Å². The molecule has 1 amide bonds. The summed E-state index contributed by atoms with van der Waals surface area (Å²) in [6.07, 6.45) is 1.65. The molecule has 6 heteroatoms. The van der Waals surface area contributed by atoms with Crippen molar-refractivity contribution in [1.82, 2.24) is 9.66 Å². The normalized spacial score (nSPS) is 9.79. The predicted molar refractivity (Wildman–Crippen MR) is 54.3 cm³/mol. The van der Waals surface area contributed by atoms with Crippen molar-refractivity contribution in [1.29, 1.82) is 0 Å². The van der Waals surface area contributed by atoms with Crippen LogP contribution in [0.5, 0.6) is 0 Å². The molecule has 0 aromatic carbocycles. The van der Waals surface area contributed by atoms with Crippen molar-refractivity contribution >= 4 is 11.7 Å². The van der Waals surface area contributed by atoms with Gasteiger partial charge in [-0.2, -0.15) is 0 Å². The maximum atomic E-state index is 11.0. The number of nitrogens with one attached hydrogen (secondary N) is 1. The van der Waals surface area contributed by atoms with Gasteiger partial charge in [0.25, 0.3) is 5.91 Å². The fourth-order valence-electron chi connectivity index (χ4n) is 1.14. The van der Waals surface area contributed by atoms with Gasteiger partial charge in [-0.1, -0.05) is 6.08 Å². The third-order valence-electron chi connectivity index (χ3n) is 1.70. The zero-order valence-electron chi connectivity index (χ0n) is 7.95. The van der Waals surface area contributed by atoms with Crippen LogP contribution in [0.25, 0.3) is 0 Å². The Morgan fingerprint density at radius 2 is 2.43 bits per heavy atom. The largest absolute Gasteiger partial charge is 0.382 e. The van der Waals surface area contributed by atoms with Crippen molar-refractivity contribution in [2.24, 2.45) is 5.73 Å². The van der Waals surface area contributed by atoms with E-state index in [-0.39, 0.29) is 11.5 Å². The number of nitrogens with two attached hydrogens (primary N) is 2. The number of nitrogen functional groups attached to an aromatic ring is 1. The highest BCUT2D eigenvalue weighted by Gasteiger charge is 2.16. The number of amides is 1. The number of aromatic nitrogens is 2. The van der Waals surface area contributed by atoms with E-state index >= 15 is 0 Å². The van der Waals surface area contributed by atoms with Crippen molar-refractivity contribution in [2.75, 3.05) is 17.7 Å². The summed E-state index contributed by atoms with van der Waals surface area (Å²) >= 11 is 0. The topological polar surface area (TPSA) is 99.0 Å². The number of carbonyl (C=O) groups is 1. The summed E-state index contributed by atoms with van der Waals surface area (Å²) < 4.78 is 1.46. The van der Waals surface area contributed by atoms with Crippen LogP contribution in [0.3, 0.4) is 0 Å². The minimum Gasteiger partial charge on any atom is -0.382 e. The van der Waals surface area contributed by atoms with Gasteiger partial charge < -0.3 is 16.9 Å². The molecule has 1 heterocycles. The molecule has 0 aliphatic heterocycles. The van der Waals surface area contributed by atoms with E-state index in [1.165, 1.54) is 4.68 Å². The van der Waals surface area contributed by atoms with Crippen molar-refractivity contribution in [2.45, 2.75) is 6.92 Å². The van der Waals surface area contributed by atoms with E-state index in [0.717, 1.165) is 0 Å². The smallest absolute Gasteiger partial charge is 0.271 e. The van der Waals surface area contributed by atoms with E-state index in [1.54, 1.807) is 13.0 Å². The summed E-state index contributed by atoms with van der Waals surface area (Å²) in [7, 11) is 0. The molecule has 5 N–H and O–H groups in total. The van der Waals surface area contributed by atoms with E-state index in [2.05, 4.69) is 17.0 Å². The van der Waals surface area contributed by atoms with Crippen LogP contribution in [0, 0.1) is 6.92 Å². The molecule has 14 heavy (non-hydrogen) atoms. The van der Waals surface area contributed by atoms with Crippen LogP contribution < -0.4 is 16.9 Å². The Morgan fingerprint density at radius 1 is 1.79 bits per heavy atom. The summed E-state index contributed by atoms with van der Waals surface area (Å²) in [5, 5.41) is 0. The predicted octanol–water partition coefficient (Wildman–Crippen LogP) is -0.398. The molecule has 0 aliphatic carbocycles. The molecule has 0 aliphatic rings. The summed E-state index contributed by atoms with van der Waals surface area (Å²) in [4.78, 5) is 15.0. The first kappa shape index (κ1) is 10.1. The van der Waals surface area contributed by atoms with Gasteiger partial charge in [0.05, 0.1) is 0 Å². The first-order valence-corrected chi connectivity index (χ1v) is 4.07. The van der Waals surface area contributed by atoms with Crippen LogP contribution >= 0.6 is 0 Å². The number of carbonyl (C=O) groups excluding carboxylic acids is 1. The number of aryl methyl sites for hydroxylation is 1. The van der Waals surface area contributed by atoms with E-state index in [4.69, 9.17) is 11.5 Å². The minimum absolute atomic E-state index is 0.131. The lowest BCUT2D eigenvalue weighted by Gasteiger charge is -2.08. The van der Waals surface area contributed by atoms with Crippen LogP contribution in [0.15, 0.2) is 12.7 Å². The van der Waals surface area contributed by atoms with Crippen LogP contribution in [0.4, 0.5) is 5.82 Å². The molecule has 0 spiro atoms. The molecular weight excluding hydrogens is 182 g/mol. The summed E-state index contributed by atoms with van der Waals surface area (Å²) in [5.41, 5.74) is 13.7. The third-order valence-corrected chi connectivity index (χ3v) is 1.70. The molecule has 1 rings (SSSR count). The number of hydrogen-bond acceptors (Lipinski definition) is 4. The maximum absolute atomic E-state index is 11.0. The first-order valence-electron chi connectivity index (χ1n) is 4.07.